The Morgan fingerprint density at radius 2 is 1.32 bits per heavy atom. The van der Waals surface area contributed by atoms with Crippen molar-refractivity contribution < 1.29 is 71.9 Å². The second-order valence-electron chi connectivity index (χ2n) is 28.6. The Bertz CT molecular complexity index is 4240. The minimum atomic E-state index is -1.46. The van der Waals surface area contributed by atoms with Crippen molar-refractivity contribution in [1.29, 1.82) is 0 Å². The van der Waals surface area contributed by atoms with Gasteiger partial charge in [-0.25, -0.2) is 9.69 Å². The fraction of sp³-hybridized carbons (Fsp3) is 0.462. The largest absolute Gasteiger partial charge is 0.493 e. The number of benzene rings is 5. The van der Waals surface area contributed by atoms with Crippen LogP contribution < -0.4 is 45.2 Å². The number of unbranched alkanes of at least 4 members (excludes halogenated alkanes) is 2. The highest BCUT2D eigenvalue weighted by molar-refractivity contribution is 6.55. The normalized spacial score (nSPS) is 19.9. The van der Waals surface area contributed by atoms with Crippen LogP contribution >= 0.6 is 0 Å². The smallest absolute Gasteiger partial charge is 0.416 e. The molecule has 5 aliphatic heterocycles. The van der Waals surface area contributed by atoms with E-state index in [0.29, 0.717) is 95.4 Å². The molecule has 25 heteroatoms. The SMILES string of the molecule is CN=C1C(=NN)c2ccccc2N(C(=O)CCC(=O)CCC(=O)NCC(=O)C[C@H](C(=O)N[C@@H](C)C(=O)Cc2ccc(COC(=O)N3c4cc(OCCCCCOc5cc6c(cc5OC)C(=O)N5CC7(CC7)C[C@H]5C=N6)c(OC)cc4C(=O)N4CC5(CC5)C[C@H]4[C@H]3O)cc2)C(C)C)Cc2ccccc21. The first-order valence-corrected chi connectivity index (χ1v) is 35.6. The maximum atomic E-state index is 14.5. The molecule has 2 spiro atoms. The quantitative estimate of drug-likeness (QED) is 0.0206. The van der Waals surface area contributed by atoms with Crippen LogP contribution in [0.1, 0.15) is 159 Å². The average molecular weight is 1410 g/mol. The number of ketones is 3. The van der Waals surface area contributed by atoms with Crippen LogP contribution in [0.15, 0.2) is 112 Å². The molecule has 542 valence electrons. The van der Waals surface area contributed by atoms with Crippen LogP contribution in [0.5, 0.6) is 23.0 Å². The molecule has 0 aromatic heterocycles. The fourth-order valence-corrected chi connectivity index (χ4v) is 14.8. The summed E-state index contributed by atoms with van der Waals surface area (Å²) in [6.45, 7) is 6.54. The minimum absolute atomic E-state index is 0.0144. The summed E-state index contributed by atoms with van der Waals surface area (Å²) in [5.74, 6) is 3.49. The standard InChI is InChI=1S/C78H90N10O15/c1-46(2)56(33-53(90)41-82-68(92)24-22-52(89)23-25-69(93)85-42-50-14-8-9-15-54(50)70(80-4)71(84-79)55-16-10-11-17-60(55)85)72(94)83-47(3)63(91)32-48-18-20-49(21-19-48)43-103-76(98)88-61-37-67(65(100-6)35-58(61)74(96)87-45-78(28-29-78)39-62(87)75(88)97)102-31-13-7-12-30-101-66-36-59-57(34-64(66)99-5)73(95)86-44-77(26-27-77)38-51(86)40-81-59/h8-11,14-21,34-37,40,46-47,51,56,62,75,97H,7,12-13,22-33,38-39,41-45,79H2,1-6H3,(H,82,92)(H,83,94)/t47-,51-,56-,62-,75+/m0/s1. The summed E-state index contributed by atoms with van der Waals surface area (Å²) in [5, 5.41) is 21.6. The van der Waals surface area contributed by atoms with Gasteiger partial charge in [0.2, 0.25) is 17.7 Å². The first-order chi connectivity index (χ1) is 49.6. The van der Waals surface area contributed by atoms with Crippen LogP contribution in [0, 0.1) is 22.7 Å². The van der Waals surface area contributed by atoms with Gasteiger partial charge < -0.3 is 60.0 Å². The highest BCUT2D eigenvalue weighted by Crippen LogP contribution is 2.58. The van der Waals surface area contributed by atoms with E-state index in [-0.39, 0.29) is 140 Å². The number of para-hydroxylation sites is 1. The predicted octanol–water partition coefficient (Wildman–Crippen LogP) is 8.93. The van der Waals surface area contributed by atoms with Gasteiger partial charge >= 0.3 is 6.09 Å². The molecule has 0 radical (unpaired) electrons. The molecule has 2 saturated carbocycles. The number of hydrogen-bond acceptors (Lipinski definition) is 19. The van der Waals surface area contributed by atoms with E-state index in [0.717, 1.165) is 54.7 Å². The van der Waals surface area contributed by atoms with Crippen LogP contribution in [-0.2, 0) is 53.1 Å². The number of fused-ring (bicyclic) bond motifs is 6. The van der Waals surface area contributed by atoms with Crippen molar-refractivity contribution in [2.24, 2.45) is 43.6 Å². The van der Waals surface area contributed by atoms with Gasteiger partial charge in [0.25, 0.3) is 11.8 Å². The van der Waals surface area contributed by atoms with Crippen molar-refractivity contribution in [3.63, 3.8) is 0 Å². The van der Waals surface area contributed by atoms with Gasteiger partial charge in [-0.3, -0.25) is 48.3 Å². The summed E-state index contributed by atoms with van der Waals surface area (Å²) in [4.78, 5) is 139. The molecule has 2 aliphatic carbocycles. The summed E-state index contributed by atoms with van der Waals surface area (Å²) in [6, 6.07) is 26.5. The molecule has 5 heterocycles. The number of nitrogens with zero attached hydrogens (tertiary/aromatic N) is 7. The maximum absolute atomic E-state index is 14.5. The molecule has 12 rings (SSSR count). The molecule has 5 aromatic rings. The van der Waals surface area contributed by atoms with Crippen molar-refractivity contribution in [2.45, 2.75) is 155 Å². The summed E-state index contributed by atoms with van der Waals surface area (Å²) in [7, 11) is 4.67. The minimum Gasteiger partial charge on any atom is -0.493 e. The second kappa shape index (κ2) is 31.1. The number of nitrogens with two attached hydrogens (primary N) is 1. The van der Waals surface area contributed by atoms with Gasteiger partial charge in [0.05, 0.1) is 92.5 Å². The number of methoxy groups -OCH3 is 2. The molecule has 6 amide bonds. The van der Waals surface area contributed by atoms with Gasteiger partial charge in [-0.05, 0) is 116 Å². The highest BCUT2D eigenvalue weighted by atomic mass is 16.6. The van der Waals surface area contributed by atoms with Crippen molar-refractivity contribution in [3.05, 3.63) is 136 Å². The number of amides is 6. The molecule has 0 unspecified atom stereocenters. The number of aliphatic imine (C=N–C) groups is 2. The maximum Gasteiger partial charge on any atom is 0.416 e. The Balaban J connectivity index is 0.590. The Kier molecular flexibility index (Phi) is 21.9. The Labute approximate surface area is 598 Å². The number of anilines is 2. The van der Waals surface area contributed by atoms with E-state index >= 15 is 0 Å². The topological polar surface area (TPSA) is 320 Å². The zero-order chi connectivity index (χ0) is 72.9. The summed E-state index contributed by atoms with van der Waals surface area (Å²) < 4.78 is 29.8. The molecule has 5 aromatic carbocycles. The molecule has 25 nitrogen and oxygen atoms in total. The molecule has 4 fully saturated rings. The van der Waals surface area contributed by atoms with Gasteiger partial charge in [-0.1, -0.05) is 80.6 Å². The number of hydrazone groups is 1. The number of carbonyl (C=O) groups excluding carboxylic acids is 9. The van der Waals surface area contributed by atoms with Gasteiger partial charge in [0.15, 0.2) is 40.8 Å². The molecule has 5 N–H and O–H groups in total. The first-order valence-electron chi connectivity index (χ1n) is 35.6. The Morgan fingerprint density at radius 1 is 0.689 bits per heavy atom. The third-order valence-electron chi connectivity index (χ3n) is 21.2. The van der Waals surface area contributed by atoms with Gasteiger partial charge in [-0.15, -0.1) is 0 Å². The van der Waals surface area contributed by atoms with Crippen molar-refractivity contribution >= 4 is 87.7 Å². The lowest BCUT2D eigenvalue weighted by molar-refractivity contribution is -0.133. The molecule has 2 saturated heterocycles. The van der Waals surface area contributed by atoms with Gasteiger partial charge in [0.1, 0.15) is 18.1 Å². The molecular formula is C78H90N10O15. The number of aliphatic hydroxyl groups is 1. The number of nitrogens with one attached hydrogen (secondary N) is 2. The van der Waals surface area contributed by atoms with E-state index in [2.05, 4.69) is 20.7 Å². The predicted molar refractivity (Wildman–Crippen MR) is 384 cm³/mol. The van der Waals surface area contributed by atoms with Crippen LogP contribution in [0.2, 0.25) is 0 Å². The molecule has 5 atom stereocenters. The number of hydrogen-bond donors (Lipinski definition) is 4. The Hall–Kier alpha value is -10.3. The summed E-state index contributed by atoms with van der Waals surface area (Å²) >= 11 is 0. The van der Waals surface area contributed by atoms with E-state index in [1.165, 1.54) is 13.2 Å². The Morgan fingerprint density at radius 3 is 2.00 bits per heavy atom. The van der Waals surface area contributed by atoms with Crippen LogP contribution in [-0.4, -0.2) is 164 Å². The fourth-order valence-electron chi connectivity index (χ4n) is 14.8. The van der Waals surface area contributed by atoms with E-state index in [1.54, 1.807) is 99.3 Å². The molecular weight excluding hydrogens is 1320 g/mol. The second-order valence-corrected chi connectivity index (χ2v) is 28.6. The zero-order valence-corrected chi connectivity index (χ0v) is 59.2. The molecule has 0 bridgehead atoms. The lowest BCUT2D eigenvalue weighted by Gasteiger charge is -2.31. The van der Waals surface area contributed by atoms with Crippen molar-refractivity contribution in [2.75, 3.05) is 63.9 Å². The monoisotopic (exact) mass is 1410 g/mol. The van der Waals surface area contributed by atoms with Crippen LogP contribution in [0.3, 0.4) is 0 Å². The zero-order valence-electron chi connectivity index (χ0n) is 59.2. The number of carbonyl (C=O) groups is 9. The van der Waals surface area contributed by atoms with Gasteiger partial charge in [0, 0.05) is 94.1 Å². The van der Waals surface area contributed by atoms with Crippen LogP contribution in [0.25, 0.3) is 0 Å². The third kappa shape index (κ3) is 16.0. The van der Waals surface area contributed by atoms with Gasteiger partial charge in [-0.2, -0.15) is 5.10 Å². The van der Waals surface area contributed by atoms with Crippen molar-refractivity contribution in [3.8, 4) is 23.0 Å². The van der Waals surface area contributed by atoms with E-state index in [9.17, 15) is 48.3 Å². The first kappa shape index (κ1) is 72.5. The number of Topliss-reactive ketones (excluding diaryl/α,β-unsaturated/α-hetero) is 3. The van der Waals surface area contributed by atoms with E-state index in [4.69, 9.17) is 34.5 Å². The molecule has 103 heavy (non-hydrogen) atoms. The third-order valence-corrected chi connectivity index (χ3v) is 21.2. The lowest BCUT2D eigenvalue weighted by atomic mass is 9.89. The summed E-state index contributed by atoms with van der Waals surface area (Å²) in [5.41, 5.74) is 6.39. The van der Waals surface area contributed by atoms with Crippen LogP contribution in [0.4, 0.5) is 21.9 Å². The molecule has 7 aliphatic rings. The number of rotatable bonds is 28. The summed E-state index contributed by atoms with van der Waals surface area (Å²) in [6.07, 6.45) is 6.19. The van der Waals surface area contributed by atoms with E-state index in [1.807, 2.05) is 47.5 Å². The van der Waals surface area contributed by atoms with Crippen molar-refractivity contribution in [1.82, 2.24) is 20.4 Å². The average Bonchev–Trinajstić information content (AvgIpc) is 1.58. The number of aliphatic hydroxyl groups excluding tert-OH is 1. The number of ether oxygens (including phenoxy) is 5. The highest BCUT2D eigenvalue weighted by Gasteiger charge is 2.58. The lowest BCUT2D eigenvalue weighted by Crippen LogP contribution is -2.50. The van der Waals surface area contributed by atoms with E-state index < -0.39 is 47.9 Å².